The van der Waals surface area contributed by atoms with E-state index in [1.807, 2.05) is 12.4 Å². The fourth-order valence-electron chi connectivity index (χ4n) is 1.34. The molecule has 0 unspecified atom stereocenters. The van der Waals surface area contributed by atoms with E-state index < -0.39 is 10.0 Å². The van der Waals surface area contributed by atoms with Gasteiger partial charge in [-0.05, 0) is 36.4 Å². The molecule has 0 aromatic carbocycles. The lowest BCUT2D eigenvalue weighted by Gasteiger charge is -2.06. The van der Waals surface area contributed by atoms with Gasteiger partial charge in [0.1, 0.15) is 4.21 Å². The summed E-state index contributed by atoms with van der Waals surface area (Å²) < 4.78 is 26.8. The van der Waals surface area contributed by atoms with Gasteiger partial charge in [-0.15, -0.1) is 11.3 Å². The molecule has 0 fully saturated rings. The van der Waals surface area contributed by atoms with Crippen molar-refractivity contribution in [2.45, 2.75) is 31.0 Å². The molecule has 0 aliphatic rings. The molecule has 0 saturated heterocycles. The predicted molar refractivity (Wildman–Crippen MR) is 71.7 cm³/mol. The maximum atomic E-state index is 11.9. The van der Waals surface area contributed by atoms with E-state index in [2.05, 4.69) is 23.9 Å². The van der Waals surface area contributed by atoms with E-state index in [0.29, 0.717) is 23.2 Å². The standard InChI is InChI=1S/C11H20N2O2S2/c1-9(2)4-5-13-17(14,15)11-6-10(7-12-3)8-16-11/h6,8-9,12-13H,4-5,7H2,1-3H3. The van der Waals surface area contributed by atoms with Gasteiger partial charge >= 0.3 is 0 Å². The van der Waals surface area contributed by atoms with E-state index in [-0.39, 0.29) is 0 Å². The SMILES string of the molecule is CNCc1csc(S(=O)(=O)NCCC(C)C)c1. The summed E-state index contributed by atoms with van der Waals surface area (Å²) in [6.45, 7) is 5.34. The molecule has 17 heavy (non-hydrogen) atoms. The van der Waals surface area contributed by atoms with Gasteiger partial charge in [0.25, 0.3) is 0 Å². The highest BCUT2D eigenvalue weighted by Gasteiger charge is 2.16. The van der Waals surface area contributed by atoms with Gasteiger partial charge in [-0.2, -0.15) is 0 Å². The first-order chi connectivity index (χ1) is 7.95. The molecule has 2 N–H and O–H groups in total. The van der Waals surface area contributed by atoms with Gasteiger partial charge in [0.2, 0.25) is 10.0 Å². The molecule has 1 heterocycles. The van der Waals surface area contributed by atoms with Crippen molar-refractivity contribution in [1.29, 1.82) is 0 Å². The summed E-state index contributed by atoms with van der Waals surface area (Å²) >= 11 is 1.26. The second-order valence-corrected chi connectivity index (χ2v) is 7.29. The Labute approximate surface area is 107 Å². The van der Waals surface area contributed by atoms with Gasteiger partial charge in [-0.25, -0.2) is 13.1 Å². The van der Waals surface area contributed by atoms with Crippen molar-refractivity contribution in [1.82, 2.24) is 10.0 Å². The third kappa shape index (κ3) is 4.75. The van der Waals surface area contributed by atoms with Crippen LogP contribution in [0.3, 0.4) is 0 Å². The molecule has 98 valence electrons. The molecule has 0 spiro atoms. The lowest BCUT2D eigenvalue weighted by molar-refractivity contribution is 0.553. The molecule has 0 saturated carbocycles. The molecular formula is C11H20N2O2S2. The Morgan fingerprint density at radius 1 is 1.41 bits per heavy atom. The zero-order valence-electron chi connectivity index (χ0n) is 10.5. The Hall–Kier alpha value is -0.430. The van der Waals surface area contributed by atoms with E-state index in [0.717, 1.165) is 12.0 Å². The fourth-order valence-corrected chi connectivity index (χ4v) is 3.65. The van der Waals surface area contributed by atoms with Gasteiger partial charge < -0.3 is 5.32 Å². The van der Waals surface area contributed by atoms with E-state index in [4.69, 9.17) is 0 Å². The van der Waals surface area contributed by atoms with Crippen LogP contribution in [-0.2, 0) is 16.6 Å². The Morgan fingerprint density at radius 3 is 2.71 bits per heavy atom. The molecule has 6 heteroatoms. The van der Waals surface area contributed by atoms with Crippen LogP contribution < -0.4 is 10.0 Å². The molecule has 1 aromatic heterocycles. The quantitative estimate of drug-likeness (QED) is 0.798. The van der Waals surface area contributed by atoms with Crippen LogP contribution in [0.1, 0.15) is 25.8 Å². The van der Waals surface area contributed by atoms with E-state index in [1.165, 1.54) is 11.3 Å². The maximum absolute atomic E-state index is 11.9. The highest BCUT2D eigenvalue weighted by molar-refractivity contribution is 7.91. The van der Waals surface area contributed by atoms with Gasteiger partial charge in [-0.1, -0.05) is 13.8 Å². The molecule has 1 rings (SSSR count). The first-order valence-electron chi connectivity index (χ1n) is 5.67. The summed E-state index contributed by atoms with van der Waals surface area (Å²) in [5.74, 6) is 0.501. The average molecular weight is 276 g/mol. The van der Waals surface area contributed by atoms with Gasteiger partial charge in [-0.3, -0.25) is 0 Å². The van der Waals surface area contributed by atoms with Crippen LogP contribution in [0.2, 0.25) is 0 Å². The minimum Gasteiger partial charge on any atom is -0.316 e. The molecule has 0 radical (unpaired) electrons. The lowest BCUT2D eigenvalue weighted by Crippen LogP contribution is -2.24. The molecule has 0 atom stereocenters. The second-order valence-electron chi connectivity index (χ2n) is 4.38. The van der Waals surface area contributed by atoms with Crippen molar-refractivity contribution in [3.05, 3.63) is 17.0 Å². The Bertz CT molecular complexity index is 438. The van der Waals surface area contributed by atoms with Crippen LogP contribution in [0.25, 0.3) is 0 Å². The predicted octanol–water partition coefficient (Wildman–Crippen LogP) is 1.79. The van der Waals surface area contributed by atoms with Crippen LogP contribution in [0.15, 0.2) is 15.7 Å². The van der Waals surface area contributed by atoms with Crippen LogP contribution in [0.5, 0.6) is 0 Å². The summed E-state index contributed by atoms with van der Waals surface area (Å²) in [6, 6.07) is 1.72. The van der Waals surface area contributed by atoms with Crippen molar-refractivity contribution in [2.75, 3.05) is 13.6 Å². The Kier molecular flexibility index (Phi) is 5.58. The van der Waals surface area contributed by atoms with Crippen LogP contribution in [-0.4, -0.2) is 22.0 Å². The Balaban J connectivity index is 2.62. The first kappa shape index (κ1) is 14.6. The molecule has 0 bridgehead atoms. The fraction of sp³-hybridized carbons (Fsp3) is 0.636. The number of nitrogens with one attached hydrogen (secondary N) is 2. The van der Waals surface area contributed by atoms with E-state index in [9.17, 15) is 8.42 Å². The summed E-state index contributed by atoms with van der Waals surface area (Å²) in [7, 11) is -1.47. The van der Waals surface area contributed by atoms with E-state index in [1.54, 1.807) is 6.07 Å². The number of sulfonamides is 1. The summed E-state index contributed by atoms with van der Waals surface area (Å²) in [6.07, 6.45) is 0.855. The molecule has 1 aromatic rings. The molecule has 0 amide bonds. The number of hydrogen-bond donors (Lipinski definition) is 2. The second kappa shape index (κ2) is 6.49. The van der Waals surface area contributed by atoms with Crippen molar-refractivity contribution in [2.24, 2.45) is 5.92 Å². The van der Waals surface area contributed by atoms with Crippen molar-refractivity contribution >= 4 is 21.4 Å². The molecular weight excluding hydrogens is 256 g/mol. The van der Waals surface area contributed by atoms with Crippen molar-refractivity contribution < 1.29 is 8.42 Å². The number of hydrogen-bond acceptors (Lipinski definition) is 4. The maximum Gasteiger partial charge on any atom is 0.250 e. The third-order valence-corrected chi connectivity index (χ3v) is 5.24. The monoisotopic (exact) mass is 276 g/mol. The zero-order valence-corrected chi connectivity index (χ0v) is 12.1. The normalized spacial score (nSPS) is 12.2. The average Bonchev–Trinajstić information content (AvgIpc) is 2.66. The minimum atomic E-state index is -3.31. The minimum absolute atomic E-state index is 0.395. The van der Waals surface area contributed by atoms with E-state index >= 15 is 0 Å². The third-order valence-electron chi connectivity index (χ3n) is 2.29. The number of thiophene rings is 1. The molecule has 4 nitrogen and oxygen atoms in total. The van der Waals surface area contributed by atoms with Gasteiger partial charge in [0.05, 0.1) is 0 Å². The molecule has 0 aliphatic heterocycles. The summed E-state index contributed by atoms with van der Waals surface area (Å²) in [4.78, 5) is 0. The summed E-state index contributed by atoms with van der Waals surface area (Å²) in [5, 5.41) is 4.87. The summed E-state index contributed by atoms with van der Waals surface area (Å²) in [5.41, 5.74) is 1.00. The highest BCUT2D eigenvalue weighted by Crippen LogP contribution is 2.20. The van der Waals surface area contributed by atoms with Gasteiger partial charge in [0, 0.05) is 13.1 Å². The Morgan fingerprint density at radius 2 is 2.12 bits per heavy atom. The van der Waals surface area contributed by atoms with Crippen LogP contribution in [0.4, 0.5) is 0 Å². The topological polar surface area (TPSA) is 58.2 Å². The lowest BCUT2D eigenvalue weighted by atomic mass is 10.1. The zero-order chi connectivity index (χ0) is 12.9. The smallest absolute Gasteiger partial charge is 0.250 e. The van der Waals surface area contributed by atoms with Gasteiger partial charge in [0.15, 0.2) is 0 Å². The van der Waals surface area contributed by atoms with Crippen LogP contribution >= 0.6 is 11.3 Å². The number of rotatable bonds is 7. The van der Waals surface area contributed by atoms with Crippen LogP contribution in [0, 0.1) is 5.92 Å². The largest absolute Gasteiger partial charge is 0.316 e. The van der Waals surface area contributed by atoms with Crippen molar-refractivity contribution in [3.63, 3.8) is 0 Å². The molecule has 0 aliphatic carbocycles. The highest BCUT2D eigenvalue weighted by atomic mass is 32.2. The van der Waals surface area contributed by atoms with Crippen molar-refractivity contribution in [3.8, 4) is 0 Å². The first-order valence-corrected chi connectivity index (χ1v) is 8.03.